The highest BCUT2D eigenvalue weighted by atomic mass is 16.1. The maximum absolute atomic E-state index is 10.4. The number of aromatic nitrogens is 4. The van der Waals surface area contributed by atoms with Crippen molar-refractivity contribution < 1.29 is 4.79 Å². The van der Waals surface area contributed by atoms with Crippen LogP contribution >= 0.6 is 0 Å². The standard InChI is InChI=1S/C8H9N5O.C2H6/c1-5-6-7(9)10-4-11-8(6)13(12-5)2-3-14;1-2/h3-4H,2H2,1H3,(H2,9,10,11);1-2H3. The molecule has 0 saturated heterocycles. The monoisotopic (exact) mass is 221 g/mol. The van der Waals surface area contributed by atoms with Crippen LogP contribution in [0.25, 0.3) is 11.0 Å². The fourth-order valence-corrected chi connectivity index (χ4v) is 1.41. The van der Waals surface area contributed by atoms with Crippen LogP contribution in [-0.2, 0) is 11.3 Å². The first kappa shape index (κ1) is 12.1. The second kappa shape index (κ2) is 5.20. The minimum absolute atomic E-state index is 0.181. The minimum Gasteiger partial charge on any atom is -0.383 e. The van der Waals surface area contributed by atoms with Crippen LogP contribution in [0.1, 0.15) is 19.5 Å². The van der Waals surface area contributed by atoms with Crippen molar-refractivity contribution in [1.29, 1.82) is 0 Å². The Morgan fingerprint density at radius 3 is 2.75 bits per heavy atom. The maximum atomic E-state index is 10.4. The molecule has 0 bridgehead atoms. The first-order valence-electron chi connectivity index (χ1n) is 5.11. The predicted octanol–water partition coefficient (Wildman–Crippen LogP) is 0.942. The van der Waals surface area contributed by atoms with Gasteiger partial charge in [0.15, 0.2) is 5.65 Å². The topological polar surface area (TPSA) is 86.7 Å². The van der Waals surface area contributed by atoms with Gasteiger partial charge in [0.1, 0.15) is 18.4 Å². The zero-order valence-electron chi connectivity index (χ0n) is 9.64. The number of fused-ring (bicyclic) bond motifs is 1. The molecule has 0 fully saturated rings. The summed E-state index contributed by atoms with van der Waals surface area (Å²) in [6.07, 6.45) is 2.13. The molecule has 2 aromatic heterocycles. The first-order chi connectivity index (χ1) is 7.74. The van der Waals surface area contributed by atoms with Crippen LogP contribution < -0.4 is 5.73 Å². The molecule has 0 aromatic carbocycles. The van der Waals surface area contributed by atoms with Crippen molar-refractivity contribution in [2.75, 3.05) is 5.73 Å². The van der Waals surface area contributed by atoms with Gasteiger partial charge in [0.25, 0.3) is 0 Å². The van der Waals surface area contributed by atoms with Gasteiger partial charge in [0.05, 0.1) is 17.6 Å². The van der Waals surface area contributed by atoms with E-state index in [0.29, 0.717) is 16.9 Å². The fraction of sp³-hybridized carbons (Fsp3) is 0.400. The summed E-state index contributed by atoms with van der Waals surface area (Å²) in [6.45, 7) is 5.99. The average molecular weight is 221 g/mol. The third-order valence-electron chi connectivity index (χ3n) is 1.98. The molecule has 2 rings (SSSR count). The van der Waals surface area contributed by atoms with E-state index < -0.39 is 0 Å². The number of aryl methyl sites for hydroxylation is 1. The Balaban J connectivity index is 0.000000606. The Hall–Kier alpha value is -1.98. The van der Waals surface area contributed by atoms with Gasteiger partial charge in [0.2, 0.25) is 0 Å². The number of carbonyl (C=O) groups is 1. The van der Waals surface area contributed by atoms with Gasteiger partial charge in [-0.15, -0.1) is 0 Å². The summed E-state index contributed by atoms with van der Waals surface area (Å²) >= 11 is 0. The largest absolute Gasteiger partial charge is 0.383 e. The summed E-state index contributed by atoms with van der Waals surface area (Å²) in [5, 5.41) is 4.86. The van der Waals surface area contributed by atoms with Crippen molar-refractivity contribution in [2.45, 2.75) is 27.3 Å². The van der Waals surface area contributed by atoms with E-state index >= 15 is 0 Å². The van der Waals surface area contributed by atoms with E-state index in [-0.39, 0.29) is 6.54 Å². The molecule has 0 radical (unpaired) electrons. The zero-order chi connectivity index (χ0) is 12.1. The van der Waals surface area contributed by atoms with Gasteiger partial charge < -0.3 is 10.5 Å². The van der Waals surface area contributed by atoms with Gasteiger partial charge in [-0.3, -0.25) is 0 Å². The van der Waals surface area contributed by atoms with E-state index in [0.717, 1.165) is 12.0 Å². The van der Waals surface area contributed by atoms with Crippen LogP contribution in [0.15, 0.2) is 6.33 Å². The number of rotatable bonds is 2. The van der Waals surface area contributed by atoms with Crippen molar-refractivity contribution in [1.82, 2.24) is 19.7 Å². The SMILES string of the molecule is CC.Cc1nn(CC=O)c2ncnc(N)c12. The third-order valence-corrected chi connectivity index (χ3v) is 1.98. The number of nitrogens with two attached hydrogens (primary N) is 1. The molecule has 16 heavy (non-hydrogen) atoms. The molecular weight excluding hydrogens is 206 g/mol. The lowest BCUT2D eigenvalue weighted by molar-refractivity contribution is -0.108. The molecule has 0 aliphatic heterocycles. The maximum Gasteiger partial charge on any atom is 0.163 e. The number of hydrogen-bond acceptors (Lipinski definition) is 5. The van der Waals surface area contributed by atoms with Gasteiger partial charge in [-0.2, -0.15) is 5.10 Å². The molecule has 0 saturated carbocycles. The second-order valence-corrected chi connectivity index (χ2v) is 2.89. The molecule has 0 atom stereocenters. The van der Waals surface area contributed by atoms with Crippen LogP contribution in [0.5, 0.6) is 0 Å². The van der Waals surface area contributed by atoms with Crippen LogP contribution in [0, 0.1) is 6.92 Å². The molecule has 0 aliphatic carbocycles. The smallest absolute Gasteiger partial charge is 0.163 e. The van der Waals surface area contributed by atoms with Crippen LogP contribution in [0.3, 0.4) is 0 Å². The lowest BCUT2D eigenvalue weighted by atomic mass is 10.3. The zero-order valence-corrected chi connectivity index (χ0v) is 9.64. The summed E-state index contributed by atoms with van der Waals surface area (Å²) < 4.78 is 1.51. The molecule has 2 N–H and O–H groups in total. The summed E-state index contributed by atoms with van der Waals surface area (Å²) in [5.74, 6) is 0.393. The van der Waals surface area contributed by atoms with Crippen LogP contribution in [0.2, 0.25) is 0 Å². The van der Waals surface area contributed by atoms with Crippen molar-refractivity contribution in [3.8, 4) is 0 Å². The number of carbonyl (C=O) groups excluding carboxylic acids is 1. The quantitative estimate of drug-likeness (QED) is 0.763. The lowest BCUT2D eigenvalue weighted by Gasteiger charge is -1.96. The van der Waals surface area contributed by atoms with Crippen molar-refractivity contribution in [3.05, 3.63) is 12.0 Å². The molecule has 2 aromatic rings. The van der Waals surface area contributed by atoms with E-state index in [1.165, 1.54) is 11.0 Å². The summed E-state index contributed by atoms with van der Waals surface area (Å²) in [7, 11) is 0. The van der Waals surface area contributed by atoms with Gasteiger partial charge in [-0.1, -0.05) is 13.8 Å². The fourth-order valence-electron chi connectivity index (χ4n) is 1.41. The summed E-state index contributed by atoms with van der Waals surface area (Å²) in [6, 6.07) is 0. The van der Waals surface area contributed by atoms with E-state index in [1.807, 2.05) is 20.8 Å². The number of anilines is 1. The van der Waals surface area contributed by atoms with E-state index in [1.54, 1.807) is 0 Å². The Kier molecular flexibility index (Phi) is 3.93. The molecule has 0 unspecified atom stereocenters. The highest BCUT2D eigenvalue weighted by Gasteiger charge is 2.10. The van der Waals surface area contributed by atoms with Crippen LogP contribution in [0.4, 0.5) is 5.82 Å². The van der Waals surface area contributed by atoms with Gasteiger partial charge >= 0.3 is 0 Å². The number of nitrogens with zero attached hydrogens (tertiary/aromatic N) is 4. The average Bonchev–Trinajstić information content (AvgIpc) is 2.61. The molecule has 6 nitrogen and oxygen atoms in total. The third kappa shape index (κ3) is 2.00. The van der Waals surface area contributed by atoms with Crippen molar-refractivity contribution in [3.63, 3.8) is 0 Å². The van der Waals surface area contributed by atoms with Gasteiger partial charge in [-0.05, 0) is 6.92 Å². The molecule has 6 heteroatoms. The summed E-state index contributed by atoms with van der Waals surface area (Å²) in [5.41, 5.74) is 7.01. The molecular formula is C10H15N5O. The highest BCUT2D eigenvalue weighted by Crippen LogP contribution is 2.19. The Morgan fingerprint density at radius 2 is 2.12 bits per heavy atom. The first-order valence-corrected chi connectivity index (χ1v) is 5.11. The highest BCUT2D eigenvalue weighted by molar-refractivity contribution is 5.88. The predicted molar refractivity (Wildman–Crippen MR) is 61.9 cm³/mol. The number of aldehydes is 1. The van der Waals surface area contributed by atoms with Crippen molar-refractivity contribution in [2.24, 2.45) is 0 Å². The molecule has 2 heterocycles. The Bertz CT molecular complexity index is 491. The van der Waals surface area contributed by atoms with E-state index in [2.05, 4.69) is 15.1 Å². The van der Waals surface area contributed by atoms with E-state index in [4.69, 9.17) is 5.73 Å². The van der Waals surface area contributed by atoms with Crippen molar-refractivity contribution >= 4 is 23.1 Å². The minimum atomic E-state index is 0.181. The molecule has 0 spiro atoms. The van der Waals surface area contributed by atoms with Gasteiger partial charge in [-0.25, -0.2) is 14.6 Å². The normalized spacial score (nSPS) is 9.69. The summed E-state index contributed by atoms with van der Waals surface area (Å²) in [4.78, 5) is 18.3. The second-order valence-electron chi connectivity index (χ2n) is 2.89. The molecule has 0 amide bonds. The Labute approximate surface area is 93.5 Å². The lowest BCUT2D eigenvalue weighted by Crippen LogP contribution is -2.02. The molecule has 0 aliphatic rings. The Morgan fingerprint density at radius 1 is 1.44 bits per heavy atom. The van der Waals surface area contributed by atoms with E-state index in [9.17, 15) is 4.79 Å². The van der Waals surface area contributed by atoms with Crippen LogP contribution in [-0.4, -0.2) is 26.0 Å². The number of hydrogen-bond donors (Lipinski definition) is 1. The number of nitrogen functional groups attached to an aromatic ring is 1. The molecule has 86 valence electrons. The van der Waals surface area contributed by atoms with Gasteiger partial charge in [0, 0.05) is 0 Å².